The molecule has 20 heavy (non-hydrogen) atoms. The zero-order valence-corrected chi connectivity index (χ0v) is 12.4. The van der Waals surface area contributed by atoms with Gasteiger partial charge in [0.2, 0.25) is 5.88 Å². The number of nitrogens with zero attached hydrogens (tertiary/aromatic N) is 1. The number of aromatic nitrogens is 1. The molecule has 1 unspecified atom stereocenters. The minimum Gasteiger partial charge on any atom is -0.439 e. The van der Waals surface area contributed by atoms with Crippen molar-refractivity contribution in [2.75, 3.05) is 6.54 Å². The summed E-state index contributed by atoms with van der Waals surface area (Å²) in [5, 5.41) is 3.39. The zero-order valence-electron chi connectivity index (χ0n) is 12.4. The summed E-state index contributed by atoms with van der Waals surface area (Å²) in [6.07, 6.45) is 2.80. The fourth-order valence-electron chi connectivity index (χ4n) is 2.12. The van der Waals surface area contributed by atoms with Crippen LogP contribution in [0.3, 0.4) is 0 Å². The van der Waals surface area contributed by atoms with Crippen molar-refractivity contribution in [1.29, 1.82) is 0 Å². The molecule has 1 aromatic carbocycles. The topological polar surface area (TPSA) is 34.2 Å². The summed E-state index contributed by atoms with van der Waals surface area (Å²) in [5.41, 5.74) is 2.45. The molecule has 0 amide bonds. The molecule has 1 heterocycles. The number of hydrogen-bond donors (Lipinski definition) is 1. The van der Waals surface area contributed by atoms with Crippen LogP contribution in [0.25, 0.3) is 0 Å². The van der Waals surface area contributed by atoms with E-state index in [2.05, 4.69) is 43.2 Å². The normalized spacial score (nSPS) is 12.2. The third-order valence-corrected chi connectivity index (χ3v) is 3.30. The second kappa shape index (κ2) is 7.06. The lowest BCUT2D eigenvalue weighted by molar-refractivity contribution is 0.459. The molecule has 0 saturated heterocycles. The van der Waals surface area contributed by atoms with Crippen LogP contribution in [0.1, 0.15) is 37.9 Å². The highest BCUT2D eigenvalue weighted by molar-refractivity contribution is 5.33. The van der Waals surface area contributed by atoms with Crippen molar-refractivity contribution < 1.29 is 4.74 Å². The molecule has 0 saturated carbocycles. The molecule has 3 nitrogen and oxygen atoms in total. The van der Waals surface area contributed by atoms with Crippen LogP contribution < -0.4 is 10.1 Å². The van der Waals surface area contributed by atoms with Gasteiger partial charge in [0.1, 0.15) is 5.75 Å². The molecule has 0 aliphatic carbocycles. The molecule has 1 aromatic heterocycles. The van der Waals surface area contributed by atoms with Crippen molar-refractivity contribution in [1.82, 2.24) is 10.3 Å². The number of ether oxygens (including phenoxy) is 1. The average molecular weight is 270 g/mol. The van der Waals surface area contributed by atoms with Gasteiger partial charge in [-0.15, -0.1) is 0 Å². The Labute approximate surface area is 121 Å². The Balaban J connectivity index is 2.14. The van der Waals surface area contributed by atoms with E-state index in [-0.39, 0.29) is 0 Å². The monoisotopic (exact) mass is 270 g/mol. The van der Waals surface area contributed by atoms with Crippen LogP contribution in [0.4, 0.5) is 0 Å². The van der Waals surface area contributed by atoms with E-state index in [4.69, 9.17) is 4.74 Å². The Hall–Kier alpha value is -1.87. The summed E-state index contributed by atoms with van der Waals surface area (Å²) in [4.78, 5) is 4.28. The molecular weight excluding hydrogens is 248 g/mol. The summed E-state index contributed by atoms with van der Waals surface area (Å²) < 4.78 is 5.85. The van der Waals surface area contributed by atoms with Crippen molar-refractivity contribution in [3.8, 4) is 11.6 Å². The Kier molecular flexibility index (Phi) is 5.13. The van der Waals surface area contributed by atoms with Gasteiger partial charge in [0, 0.05) is 18.3 Å². The lowest BCUT2D eigenvalue weighted by Crippen LogP contribution is -2.17. The van der Waals surface area contributed by atoms with Crippen molar-refractivity contribution in [3.05, 3.63) is 53.7 Å². The van der Waals surface area contributed by atoms with Gasteiger partial charge in [-0.05, 0) is 49.2 Å². The van der Waals surface area contributed by atoms with Gasteiger partial charge in [-0.3, -0.25) is 0 Å². The van der Waals surface area contributed by atoms with E-state index in [1.54, 1.807) is 6.20 Å². The molecule has 2 aromatic rings. The number of nitrogens with one attached hydrogen (secondary N) is 1. The largest absolute Gasteiger partial charge is 0.439 e. The first kappa shape index (κ1) is 14.5. The number of aryl methyl sites for hydroxylation is 1. The standard InChI is InChI=1S/C17H22N2O/c1-4-14-7-6-8-16(11-14)20-17-12-15(9-10-19-17)13(3)18-5-2/h6-13,18H,4-5H2,1-3H3. The molecule has 3 heteroatoms. The summed E-state index contributed by atoms with van der Waals surface area (Å²) in [6, 6.07) is 12.4. The van der Waals surface area contributed by atoms with Crippen molar-refractivity contribution in [3.63, 3.8) is 0 Å². The second-order valence-electron chi connectivity index (χ2n) is 4.81. The van der Waals surface area contributed by atoms with E-state index in [9.17, 15) is 0 Å². The summed E-state index contributed by atoms with van der Waals surface area (Å²) in [5.74, 6) is 1.48. The third-order valence-electron chi connectivity index (χ3n) is 3.30. The average Bonchev–Trinajstić information content (AvgIpc) is 2.48. The van der Waals surface area contributed by atoms with Crippen molar-refractivity contribution in [2.24, 2.45) is 0 Å². The molecular formula is C17H22N2O. The Morgan fingerprint density at radius 1 is 1.20 bits per heavy atom. The highest BCUT2D eigenvalue weighted by Gasteiger charge is 2.06. The van der Waals surface area contributed by atoms with Crippen LogP contribution in [0.5, 0.6) is 11.6 Å². The minimum absolute atomic E-state index is 0.298. The fraction of sp³-hybridized carbons (Fsp3) is 0.353. The third kappa shape index (κ3) is 3.81. The fourth-order valence-corrected chi connectivity index (χ4v) is 2.12. The van der Waals surface area contributed by atoms with Crippen LogP contribution in [0.2, 0.25) is 0 Å². The lowest BCUT2D eigenvalue weighted by atomic mass is 10.1. The molecule has 1 atom stereocenters. The summed E-state index contributed by atoms with van der Waals surface area (Å²) in [7, 11) is 0. The number of pyridine rings is 1. The first-order valence-corrected chi connectivity index (χ1v) is 7.19. The first-order valence-electron chi connectivity index (χ1n) is 7.19. The Bertz CT molecular complexity index is 554. The quantitative estimate of drug-likeness (QED) is 0.857. The van der Waals surface area contributed by atoms with Crippen LogP contribution in [-0.2, 0) is 6.42 Å². The van der Waals surface area contributed by atoms with Gasteiger partial charge in [-0.1, -0.05) is 26.0 Å². The van der Waals surface area contributed by atoms with E-state index in [1.807, 2.05) is 24.3 Å². The van der Waals surface area contributed by atoms with E-state index in [0.717, 1.165) is 18.7 Å². The van der Waals surface area contributed by atoms with Gasteiger partial charge >= 0.3 is 0 Å². The molecule has 106 valence electrons. The van der Waals surface area contributed by atoms with E-state index >= 15 is 0 Å². The smallest absolute Gasteiger partial charge is 0.219 e. The molecule has 0 spiro atoms. The second-order valence-corrected chi connectivity index (χ2v) is 4.81. The summed E-state index contributed by atoms with van der Waals surface area (Å²) in [6.45, 7) is 7.32. The van der Waals surface area contributed by atoms with E-state index in [1.165, 1.54) is 11.1 Å². The predicted molar refractivity (Wildman–Crippen MR) is 82.2 cm³/mol. The Morgan fingerprint density at radius 2 is 2.05 bits per heavy atom. The van der Waals surface area contributed by atoms with Crippen LogP contribution >= 0.6 is 0 Å². The molecule has 0 aliphatic rings. The van der Waals surface area contributed by atoms with Gasteiger partial charge < -0.3 is 10.1 Å². The lowest BCUT2D eigenvalue weighted by Gasteiger charge is -2.13. The van der Waals surface area contributed by atoms with Crippen LogP contribution in [0.15, 0.2) is 42.6 Å². The number of hydrogen-bond acceptors (Lipinski definition) is 3. The number of benzene rings is 1. The molecule has 0 bridgehead atoms. The molecule has 0 aliphatic heterocycles. The van der Waals surface area contributed by atoms with Gasteiger partial charge in [-0.25, -0.2) is 4.98 Å². The molecule has 0 radical (unpaired) electrons. The maximum absolute atomic E-state index is 5.85. The number of rotatable bonds is 6. The van der Waals surface area contributed by atoms with Crippen LogP contribution in [-0.4, -0.2) is 11.5 Å². The van der Waals surface area contributed by atoms with Crippen molar-refractivity contribution in [2.45, 2.75) is 33.2 Å². The highest BCUT2D eigenvalue weighted by atomic mass is 16.5. The van der Waals surface area contributed by atoms with Gasteiger partial charge in [0.25, 0.3) is 0 Å². The van der Waals surface area contributed by atoms with Gasteiger partial charge in [0.05, 0.1) is 0 Å². The Morgan fingerprint density at radius 3 is 2.80 bits per heavy atom. The first-order chi connectivity index (χ1) is 9.72. The maximum atomic E-state index is 5.85. The van der Waals surface area contributed by atoms with Gasteiger partial charge in [0.15, 0.2) is 0 Å². The summed E-state index contributed by atoms with van der Waals surface area (Å²) >= 11 is 0. The molecule has 1 N–H and O–H groups in total. The van der Waals surface area contributed by atoms with E-state index < -0.39 is 0 Å². The predicted octanol–water partition coefficient (Wildman–Crippen LogP) is 4.11. The van der Waals surface area contributed by atoms with E-state index in [0.29, 0.717) is 11.9 Å². The van der Waals surface area contributed by atoms with Gasteiger partial charge in [-0.2, -0.15) is 0 Å². The maximum Gasteiger partial charge on any atom is 0.219 e. The zero-order chi connectivity index (χ0) is 14.4. The molecule has 0 fully saturated rings. The SMILES string of the molecule is CCNC(C)c1ccnc(Oc2cccc(CC)c2)c1. The van der Waals surface area contributed by atoms with Crippen LogP contribution in [0, 0.1) is 0 Å². The highest BCUT2D eigenvalue weighted by Crippen LogP contribution is 2.23. The molecule has 2 rings (SSSR count). The van der Waals surface area contributed by atoms with Crippen molar-refractivity contribution >= 4 is 0 Å². The minimum atomic E-state index is 0.298.